The zero-order valence-electron chi connectivity index (χ0n) is 20.2. The van der Waals surface area contributed by atoms with Crippen LogP contribution in [0.4, 0.5) is 5.82 Å². The number of anilines is 1. The lowest BCUT2D eigenvalue weighted by atomic mass is 9.89. The molecule has 4 fully saturated rings. The Morgan fingerprint density at radius 3 is 2.72 bits per heavy atom. The maximum Gasteiger partial charge on any atom is 0.153 e. The van der Waals surface area contributed by atoms with E-state index in [0.717, 1.165) is 73.1 Å². The van der Waals surface area contributed by atoms with Gasteiger partial charge in [-0.1, -0.05) is 12.1 Å². The van der Waals surface area contributed by atoms with E-state index >= 15 is 0 Å². The van der Waals surface area contributed by atoms with E-state index < -0.39 is 9.84 Å². The first kappa shape index (κ1) is 22.5. The molecule has 4 aliphatic rings. The van der Waals surface area contributed by atoms with Gasteiger partial charge in [-0.3, -0.25) is 4.90 Å². The van der Waals surface area contributed by atoms with Gasteiger partial charge in [0.2, 0.25) is 0 Å². The lowest BCUT2D eigenvalue weighted by molar-refractivity contribution is -0.0198. The molecule has 2 N–H and O–H groups in total. The molecule has 1 unspecified atom stereocenters. The smallest absolute Gasteiger partial charge is 0.153 e. The molecule has 10 heteroatoms. The van der Waals surface area contributed by atoms with Crippen LogP contribution in [0.5, 0.6) is 5.75 Å². The van der Waals surface area contributed by atoms with Crippen LogP contribution in [-0.4, -0.2) is 76.8 Å². The van der Waals surface area contributed by atoms with Crippen molar-refractivity contribution >= 4 is 26.7 Å². The third-order valence-corrected chi connectivity index (χ3v) is 10.3. The van der Waals surface area contributed by atoms with E-state index in [4.69, 9.17) is 15.2 Å². The lowest BCUT2D eigenvalue weighted by Crippen LogP contribution is -2.52. The molecule has 36 heavy (non-hydrogen) atoms. The zero-order valence-corrected chi connectivity index (χ0v) is 21.0. The molecule has 2 aromatic heterocycles. The highest BCUT2D eigenvalue weighted by molar-refractivity contribution is 7.92. The van der Waals surface area contributed by atoms with Gasteiger partial charge in [0.25, 0.3) is 0 Å². The van der Waals surface area contributed by atoms with Gasteiger partial charge in [-0.15, -0.1) is 0 Å². The molecule has 0 saturated carbocycles. The molecule has 2 bridgehead atoms. The third kappa shape index (κ3) is 3.77. The number of fused-ring (bicyclic) bond motifs is 3. The number of likely N-dealkylation sites (tertiary alicyclic amines) is 1. The van der Waals surface area contributed by atoms with Crippen molar-refractivity contribution in [2.24, 2.45) is 0 Å². The van der Waals surface area contributed by atoms with Crippen LogP contribution in [0.2, 0.25) is 0 Å². The quantitative estimate of drug-likeness (QED) is 0.540. The van der Waals surface area contributed by atoms with Crippen LogP contribution in [0.1, 0.15) is 38.1 Å². The van der Waals surface area contributed by atoms with Gasteiger partial charge >= 0.3 is 0 Å². The van der Waals surface area contributed by atoms with Crippen molar-refractivity contribution in [3.63, 3.8) is 0 Å². The molecule has 6 heterocycles. The summed E-state index contributed by atoms with van der Waals surface area (Å²) in [6.45, 7) is 2.27. The highest BCUT2D eigenvalue weighted by atomic mass is 32.2. The van der Waals surface area contributed by atoms with E-state index in [0.29, 0.717) is 18.5 Å². The van der Waals surface area contributed by atoms with Crippen molar-refractivity contribution < 1.29 is 17.9 Å². The average molecular weight is 510 g/mol. The number of aromatic nitrogens is 3. The summed E-state index contributed by atoms with van der Waals surface area (Å²) in [5.41, 5.74) is 9.05. The van der Waals surface area contributed by atoms with E-state index in [9.17, 15) is 8.42 Å². The van der Waals surface area contributed by atoms with Gasteiger partial charge in [0.1, 0.15) is 35.7 Å². The molecule has 0 radical (unpaired) electrons. The lowest BCUT2D eigenvalue weighted by Gasteiger charge is -2.34. The highest BCUT2D eigenvalue weighted by Crippen LogP contribution is 2.44. The summed E-state index contributed by atoms with van der Waals surface area (Å²) < 4.78 is 38.0. The number of nitrogens with two attached hydrogens (primary N) is 1. The molecule has 1 atom stereocenters. The maximum atomic E-state index is 11.7. The normalized spacial score (nSPS) is 29.7. The van der Waals surface area contributed by atoms with Crippen LogP contribution < -0.4 is 10.5 Å². The monoisotopic (exact) mass is 509 g/mol. The summed E-state index contributed by atoms with van der Waals surface area (Å²) in [6.07, 6.45) is 9.41. The molecule has 190 valence electrons. The molecule has 9 nitrogen and oxygen atoms in total. The van der Waals surface area contributed by atoms with Crippen LogP contribution in [0.25, 0.3) is 22.2 Å². The number of ether oxygens (including phenoxy) is 2. The summed E-state index contributed by atoms with van der Waals surface area (Å²) >= 11 is 0. The summed E-state index contributed by atoms with van der Waals surface area (Å²) in [5.74, 6) is 1.81. The Morgan fingerprint density at radius 1 is 1.14 bits per heavy atom. The Morgan fingerprint density at radius 2 is 1.97 bits per heavy atom. The van der Waals surface area contributed by atoms with Crippen molar-refractivity contribution in [1.82, 2.24) is 19.4 Å². The SMILES string of the molecule is Nc1ncnc2c1c(-c1cccc(OCC34CCC(CC3)O4)c1)cn2C1CCN(C2CS(=O)(=O)C2)C1. The number of hydrogen-bond donors (Lipinski definition) is 1. The van der Waals surface area contributed by atoms with Crippen molar-refractivity contribution in [3.05, 3.63) is 36.8 Å². The molecular weight excluding hydrogens is 478 g/mol. The van der Waals surface area contributed by atoms with Crippen molar-refractivity contribution in [2.75, 3.05) is 36.9 Å². The topological polar surface area (TPSA) is 113 Å². The number of rotatable bonds is 6. The van der Waals surface area contributed by atoms with Crippen LogP contribution >= 0.6 is 0 Å². The van der Waals surface area contributed by atoms with E-state index in [2.05, 4.69) is 37.8 Å². The fourth-order valence-corrected chi connectivity index (χ4v) is 8.03. The number of hydrogen-bond acceptors (Lipinski definition) is 8. The Kier molecular flexibility index (Phi) is 5.10. The fourth-order valence-electron chi connectivity index (χ4n) is 6.53. The summed E-state index contributed by atoms with van der Waals surface area (Å²) in [7, 11) is -2.85. The van der Waals surface area contributed by atoms with E-state index in [1.807, 2.05) is 12.1 Å². The van der Waals surface area contributed by atoms with Gasteiger partial charge in [0.05, 0.1) is 23.0 Å². The first-order chi connectivity index (χ1) is 17.4. The number of sulfone groups is 1. The van der Waals surface area contributed by atoms with Crippen LogP contribution in [0, 0.1) is 0 Å². The number of benzene rings is 1. The second kappa shape index (κ2) is 8.16. The molecule has 3 aromatic rings. The van der Waals surface area contributed by atoms with Gasteiger partial charge in [-0.05, 0) is 49.8 Å². The van der Waals surface area contributed by atoms with Crippen molar-refractivity contribution in [2.45, 2.75) is 55.9 Å². The summed E-state index contributed by atoms with van der Waals surface area (Å²) in [4.78, 5) is 11.2. The minimum atomic E-state index is -2.85. The molecule has 0 amide bonds. The second-order valence-corrected chi connectivity index (χ2v) is 13.0. The minimum absolute atomic E-state index is 0.122. The predicted molar refractivity (Wildman–Crippen MR) is 137 cm³/mol. The number of nitrogen functional groups attached to an aromatic ring is 1. The van der Waals surface area contributed by atoms with Gasteiger partial charge in [0, 0.05) is 36.9 Å². The second-order valence-electron chi connectivity index (χ2n) is 10.9. The standard InChI is InChI=1S/C26H31N5O4S/c27-24-23-22(17-2-1-3-21(10-17)34-15-26-7-4-20(35-26)5-8-26)12-31(25(23)29-16-28-24)18-6-9-30(11-18)19-13-36(32,33)14-19/h1-3,10,12,16,18-20H,4-9,11,13-15H2,(H2,27,28,29). The summed E-state index contributed by atoms with van der Waals surface area (Å²) in [6, 6.07) is 8.45. The predicted octanol–water partition coefficient (Wildman–Crippen LogP) is 2.81. The van der Waals surface area contributed by atoms with E-state index in [1.54, 1.807) is 0 Å². The maximum absolute atomic E-state index is 11.7. The Balaban J connectivity index is 1.17. The van der Waals surface area contributed by atoms with Gasteiger partial charge in [-0.2, -0.15) is 0 Å². The molecule has 1 aromatic carbocycles. The summed E-state index contributed by atoms with van der Waals surface area (Å²) in [5, 5.41) is 0.843. The molecular formula is C26H31N5O4S. The first-order valence-corrected chi connectivity index (χ1v) is 14.7. The first-order valence-electron chi connectivity index (χ1n) is 12.8. The van der Waals surface area contributed by atoms with Crippen LogP contribution in [-0.2, 0) is 14.6 Å². The average Bonchev–Trinajstić information content (AvgIpc) is 3.64. The molecule has 7 rings (SSSR count). The van der Waals surface area contributed by atoms with Gasteiger partial charge in [0.15, 0.2) is 9.84 Å². The van der Waals surface area contributed by atoms with Gasteiger partial charge < -0.3 is 19.8 Å². The molecule has 4 saturated heterocycles. The largest absolute Gasteiger partial charge is 0.491 e. The van der Waals surface area contributed by atoms with Gasteiger partial charge in [-0.25, -0.2) is 18.4 Å². The highest BCUT2D eigenvalue weighted by Gasteiger charge is 2.46. The van der Waals surface area contributed by atoms with Crippen LogP contribution in [0.3, 0.4) is 0 Å². The zero-order chi connectivity index (χ0) is 24.5. The minimum Gasteiger partial charge on any atom is -0.491 e. The Labute approximate surface area is 210 Å². The van der Waals surface area contributed by atoms with Crippen molar-refractivity contribution in [1.29, 1.82) is 0 Å². The fraction of sp³-hybridized carbons (Fsp3) is 0.538. The Hall–Kier alpha value is -2.69. The van der Waals surface area contributed by atoms with E-state index in [1.165, 1.54) is 6.33 Å². The molecule has 0 spiro atoms. The third-order valence-electron chi connectivity index (χ3n) is 8.54. The Bertz CT molecular complexity index is 1420. The van der Waals surface area contributed by atoms with E-state index in [-0.39, 0.29) is 29.2 Å². The molecule has 0 aliphatic carbocycles. The van der Waals surface area contributed by atoms with Crippen LogP contribution in [0.15, 0.2) is 36.8 Å². The number of nitrogens with zero attached hydrogens (tertiary/aromatic N) is 4. The van der Waals surface area contributed by atoms with Crippen molar-refractivity contribution in [3.8, 4) is 16.9 Å². The molecule has 4 aliphatic heterocycles.